The average Bonchev–Trinajstić information content (AvgIpc) is 3.60. The van der Waals surface area contributed by atoms with Gasteiger partial charge in [-0.15, -0.1) is 0 Å². The monoisotopic (exact) mass is 530 g/mol. The van der Waals surface area contributed by atoms with E-state index in [1.807, 2.05) is 48.5 Å². The second kappa shape index (κ2) is 9.30. The molecule has 2 aromatic heterocycles. The summed E-state index contributed by atoms with van der Waals surface area (Å²) in [7, 11) is 0. The van der Waals surface area contributed by atoms with Crippen LogP contribution in [0.4, 0.5) is 5.69 Å². The van der Waals surface area contributed by atoms with Crippen molar-refractivity contribution in [3.8, 4) is 5.82 Å². The van der Waals surface area contributed by atoms with Gasteiger partial charge in [-0.1, -0.05) is 42.5 Å². The van der Waals surface area contributed by atoms with Crippen LogP contribution in [0.1, 0.15) is 24.0 Å². The summed E-state index contributed by atoms with van der Waals surface area (Å²) in [5, 5.41) is 5.93. The number of benzene rings is 2. The molecule has 0 bridgehead atoms. The van der Waals surface area contributed by atoms with E-state index in [0.29, 0.717) is 41.2 Å². The standard InChI is InChI=1S/C31H26N6O3/c38-27(19-36-24-10-4-5-11-25(24)37(30(36)40)26-12-6-7-15-32-26)33-23-14-13-21-17-31(18-22(21)16-23)29(39)34-28(35-31)20-8-2-1-3-9-20/h1-2,4-7,9-16H,3,8,17-19H2,(H,33,38)(H,34,35,39). The highest BCUT2D eigenvalue weighted by Gasteiger charge is 2.48. The number of hydrogen-bond acceptors (Lipinski definition) is 5. The van der Waals surface area contributed by atoms with Crippen LogP contribution in [0.3, 0.4) is 0 Å². The number of pyridine rings is 1. The van der Waals surface area contributed by atoms with Gasteiger partial charge in [-0.2, -0.15) is 0 Å². The van der Waals surface area contributed by atoms with Gasteiger partial charge in [0.25, 0.3) is 5.91 Å². The molecule has 1 aliphatic heterocycles. The van der Waals surface area contributed by atoms with Gasteiger partial charge in [0.05, 0.1) is 11.0 Å². The maximum Gasteiger partial charge on any atom is 0.335 e. The van der Waals surface area contributed by atoms with Gasteiger partial charge in [0.15, 0.2) is 0 Å². The molecule has 1 unspecified atom stereocenters. The van der Waals surface area contributed by atoms with Crippen LogP contribution >= 0.6 is 0 Å². The van der Waals surface area contributed by atoms with E-state index in [2.05, 4.69) is 33.8 Å². The van der Waals surface area contributed by atoms with E-state index in [1.54, 1.807) is 18.3 Å². The third kappa shape index (κ3) is 3.98. The number of amides is 2. The maximum atomic E-state index is 13.4. The molecule has 3 aliphatic rings. The highest BCUT2D eigenvalue weighted by atomic mass is 16.2. The molecule has 2 aromatic carbocycles. The smallest absolute Gasteiger partial charge is 0.325 e. The molecule has 1 spiro atoms. The van der Waals surface area contributed by atoms with Gasteiger partial charge in [-0.25, -0.2) is 14.3 Å². The van der Waals surface area contributed by atoms with Crippen molar-refractivity contribution in [2.75, 3.05) is 5.32 Å². The van der Waals surface area contributed by atoms with Crippen LogP contribution in [0.5, 0.6) is 0 Å². The fourth-order valence-corrected chi connectivity index (χ4v) is 5.85. The van der Waals surface area contributed by atoms with Crippen molar-refractivity contribution in [1.29, 1.82) is 0 Å². The van der Waals surface area contributed by atoms with Gasteiger partial charge in [0.1, 0.15) is 23.7 Å². The minimum Gasteiger partial charge on any atom is -0.325 e. The minimum atomic E-state index is -0.844. The maximum absolute atomic E-state index is 13.4. The van der Waals surface area contributed by atoms with Crippen LogP contribution in [0.25, 0.3) is 16.9 Å². The van der Waals surface area contributed by atoms with Gasteiger partial charge < -0.3 is 10.6 Å². The number of nitrogens with zero attached hydrogens (tertiary/aromatic N) is 4. The van der Waals surface area contributed by atoms with Crippen LogP contribution in [-0.4, -0.2) is 37.3 Å². The van der Waals surface area contributed by atoms with Crippen molar-refractivity contribution in [3.05, 3.63) is 112 Å². The second-order valence-electron chi connectivity index (χ2n) is 10.4. The SMILES string of the molecule is O=C(Cn1c(=O)n(-c2ccccn2)c2ccccc21)Nc1ccc2c(c1)CC1(C2)N=C(C2=CCC=CC2)NC1=O. The summed E-state index contributed by atoms with van der Waals surface area (Å²) in [5.41, 5.74) is 3.84. The van der Waals surface area contributed by atoms with E-state index in [1.165, 1.54) is 9.13 Å². The molecule has 0 saturated carbocycles. The van der Waals surface area contributed by atoms with Crippen LogP contribution in [0.15, 0.2) is 100 Å². The minimum absolute atomic E-state index is 0.0802. The third-order valence-electron chi connectivity index (χ3n) is 7.76. The summed E-state index contributed by atoms with van der Waals surface area (Å²) in [5.74, 6) is 0.762. The van der Waals surface area contributed by atoms with Crippen molar-refractivity contribution in [2.24, 2.45) is 4.99 Å². The van der Waals surface area contributed by atoms with Gasteiger partial charge in [-0.3, -0.25) is 19.1 Å². The summed E-state index contributed by atoms with van der Waals surface area (Å²) in [6, 6.07) is 18.4. The Kier molecular flexibility index (Phi) is 5.59. The van der Waals surface area contributed by atoms with Crippen molar-refractivity contribution in [1.82, 2.24) is 19.4 Å². The Hall–Kier alpha value is -5.05. The second-order valence-corrected chi connectivity index (χ2v) is 10.4. The molecule has 9 heteroatoms. The van der Waals surface area contributed by atoms with E-state index in [0.717, 1.165) is 29.5 Å². The van der Waals surface area contributed by atoms with Crippen molar-refractivity contribution >= 4 is 34.4 Å². The van der Waals surface area contributed by atoms with Crippen LogP contribution in [0.2, 0.25) is 0 Å². The zero-order chi connectivity index (χ0) is 27.3. The number of carbonyl (C=O) groups excluding carboxylic acids is 2. The molecule has 0 fully saturated rings. The number of imidazole rings is 1. The van der Waals surface area contributed by atoms with Crippen LogP contribution < -0.4 is 16.3 Å². The number of anilines is 1. The number of aliphatic imine (C=N–C) groups is 1. The van der Waals surface area contributed by atoms with Gasteiger partial charge >= 0.3 is 5.69 Å². The van der Waals surface area contributed by atoms with Gasteiger partial charge in [-0.05, 0) is 65.9 Å². The first-order valence-corrected chi connectivity index (χ1v) is 13.3. The lowest BCUT2D eigenvalue weighted by molar-refractivity contribution is -0.123. The Labute approximate surface area is 229 Å². The van der Waals surface area contributed by atoms with E-state index < -0.39 is 5.54 Å². The Morgan fingerprint density at radius 2 is 1.80 bits per heavy atom. The van der Waals surface area contributed by atoms with Crippen LogP contribution in [0, 0.1) is 0 Å². The Morgan fingerprint density at radius 3 is 2.60 bits per heavy atom. The van der Waals surface area contributed by atoms with E-state index in [4.69, 9.17) is 4.99 Å². The number of carbonyl (C=O) groups is 2. The van der Waals surface area contributed by atoms with Crippen molar-refractivity contribution < 1.29 is 9.59 Å². The van der Waals surface area contributed by atoms with E-state index in [-0.39, 0.29) is 24.0 Å². The molecule has 2 aliphatic carbocycles. The highest BCUT2D eigenvalue weighted by molar-refractivity contribution is 6.15. The van der Waals surface area contributed by atoms with Crippen LogP contribution in [-0.2, 0) is 29.0 Å². The fourth-order valence-electron chi connectivity index (χ4n) is 5.85. The average molecular weight is 531 g/mol. The summed E-state index contributed by atoms with van der Waals surface area (Å²) >= 11 is 0. The number of allylic oxidation sites excluding steroid dienone is 3. The van der Waals surface area contributed by atoms with Crippen molar-refractivity contribution in [2.45, 2.75) is 37.8 Å². The predicted molar refractivity (Wildman–Crippen MR) is 153 cm³/mol. The van der Waals surface area contributed by atoms with Gasteiger partial charge in [0, 0.05) is 24.7 Å². The third-order valence-corrected chi connectivity index (χ3v) is 7.76. The molecule has 1 atom stereocenters. The highest BCUT2D eigenvalue weighted by Crippen LogP contribution is 2.38. The summed E-state index contributed by atoms with van der Waals surface area (Å²) < 4.78 is 2.97. The molecule has 2 amide bonds. The number of aromatic nitrogens is 3. The molecular formula is C31H26N6O3. The number of nitrogens with one attached hydrogen (secondary N) is 2. The van der Waals surface area contributed by atoms with E-state index in [9.17, 15) is 14.4 Å². The lowest BCUT2D eigenvalue weighted by atomic mass is 9.97. The number of fused-ring (bicyclic) bond motifs is 2. The molecule has 40 heavy (non-hydrogen) atoms. The molecule has 2 N–H and O–H groups in total. The summed E-state index contributed by atoms with van der Waals surface area (Å²) in [6.07, 6.45) is 10.5. The molecule has 3 heterocycles. The molecule has 0 radical (unpaired) electrons. The lowest BCUT2D eigenvalue weighted by Crippen LogP contribution is -2.40. The molecule has 198 valence electrons. The topological polar surface area (TPSA) is 110 Å². The molecule has 0 saturated heterocycles. The Morgan fingerprint density at radius 1 is 0.975 bits per heavy atom. The predicted octanol–water partition coefficient (Wildman–Crippen LogP) is 3.47. The first-order valence-electron chi connectivity index (χ1n) is 13.3. The molecule has 7 rings (SSSR count). The molecular weight excluding hydrogens is 504 g/mol. The zero-order valence-electron chi connectivity index (χ0n) is 21.6. The normalized spacial score (nSPS) is 19.4. The molecule has 9 nitrogen and oxygen atoms in total. The van der Waals surface area contributed by atoms with Crippen molar-refractivity contribution in [3.63, 3.8) is 0 Å². The Bertz CT molecular complexity index is 1850. The lowest BCUT2D eigenvalue weighted by Gasteiger charge is -2.14. The number of rotatable bonds is 5. The molecule has 4 aromatic rings. The quantitative estimate of drug-likeness (QED) is 0.385. The number of para-hydroxylation sites is 2. The van der Waals surface area contributed by atoms with Gasteiger partial charge in [0.2, 0.25) is 5.91 Å². The number of amidine groups is 1. The fraction of sp³-hybridized carbons (Fsp3) is 0.194. The summed E-state index contributed by atoms with van der Waals surface area (Å²) in [6.45, 7) is -0.153. The Balaban J connectivity index is 1.12. The number of hydrogen-bond donors (Lipinski definition) is 2. The zero-order valence-corrected chi connectivity index (χ0v) is 21.6. The largest absolute Gasteiger partial charge is 0.335 e. The van der Waals surface area contributed by atoms with E-state index >= 15 is 0 Å². The first-order chi connectivity index (χ1) is 19.5. The first kappa shape index (κ1) is 24.0. The summed E-state index contributed by atoms with van der Waals surface area (Å²) in [4.78, 5) is 48.8.